The van der Waals surface area contributed by atoms with Crippen molar-refractivity contribution in [2.24, 2.45) is 0 Å². The third-order valence-electron chi connectivity index (χ3n) is 4.23. The number of fused-ring (bicyclic) bond motifs is 1. The van der Waals surface area contributed by atoms with Gasteiger partial charge in [0.25, 0.3) is 5.56 Å². The molecule has 0 aliphatic carbocycles. The molecule has 0 saturated carbocycles. The van der Waals surface area contributed by atoms with E-state index in [-0.39, 0.29) is 12.2 Å². The van der Waals surface area contributed by atoms with Gasteiger partial charge < -0.3 is 14.8 Å². The van der Waals surface area contributed by atoms with Crippen LogP contribution in [0.25, 0.3) is 10.9 Å². The van der Waals surface area contributed by atoms with Gasteiger partial charge in [-0.1, -0.05) is 36.4 Å². The number of aromatic nitrogens is 1. The SMILES string of the molecule is COc1ccccc1CN(CCO)Cc1cc2ccccc2[nH]c1=O. The quantitative estimate of drug-likeness (QED) is 0.695. The topological polar surface area (TPSA) is 65.6 Å². The number of aromatic amines is 1. The predicted octanol–water partition coefficient (Wildman–Crippen LogP) is 2.53. The fourth-order valence-corrected chi connectivity index (χ4v) is 2.98. The number of pyridine rings is 1. The molecule has 0 radical (unpaired) electrons. The lowest BCUT2D eigenvalue weighted by molar-refractivity contribution is 0.182. The number of methoxy groups -OCH3 is 1. The van der Waals surface area contributed by atoms with Crippen LogP contribution in [0.5, 0.6) is 5.75 Å². The molecule has 0 fully saturated rings. The Morgan fingerprint density at radius 3 is 2.56 bits per heavy atom. The van der Waals surface area contributed by atoms with E-state index in [0.29, 0.717) is 25.2 Å². The number of nitrogens with zero attached hydrogens (tertiary/aromatic N) is 1. The second-order valence-corrected chi connectivity index (χ2v) is 5.96. The fraction of sp³-hybridized carbons (Fsp3) is 0.250. The molecule has 2 aromatic carbocycles. The lowest BCUT2D eigenvalue weighted by Gasteiger charge is -2.22. The standard InChI is InChI=1S/C20H22N2O3/c1-25-19-9-5-3-7-16(19)13-22(10-11-23)14-17-12-15-6-2-4-8-18(15)21-20(17)24/h2-9,12,23H,10-11,13-14H2,1H3,(H,21,24). The monoisotopic (exact) mass is 338 g/mol. The maximum Gasteiger partial charge on any atom is 0.252 e. The number of benzene rings is 2. The van der Waals surface area contributed by atoms with Crippen molar-refractivity contribution in [2.45, 2.75) is 13.1 Å². The van der Waals surface area contributed by atoms with Crippen molar-refractivity contribution >= 4 is 10.9 Å². The van der Waals surface area contributed by atoms with Gasteiger partial charge in [0.15, 0.2) is 0 Å². The summed E-state index contributed by atoms with van der Waals surface area (Å²) in [5.74, 6) is 0.804. The highest BCUT2D eigenvalue weighted by Crippen LogP contribution is 2.20. The Morgan fingerprint density at radius 2 is 1.76 bits per heavy atom. The van der Waals surface area contributed by atoms with E-state index in [1.165, 1.54) is 0 Å². The summed E-state index contributed by atoms with van der Waals surface area (Å²) >= 11 is 0. The summed E-state index contributed by atoms with van der Waals surface area (Å²) in [6.07, 6.45) is 0. The summed E-state index contributed by atoms with van der Waals surface area (Å²) in [4.78, 5) is 17.3. The van der Waals surface area contributed by atoms with Gasteiger partial charge in [0.1, 0.15) is 5.75 Å². The van der Waals surface area contributed by atoms with E-state index in [2.05, 4.69) is 4.98 Å². The molecule has 5 nitrogen and oxygen atoms in total. The Labute approximate surface area is 146 Å². The first-order chi connectivity index (χ1) is 12.2. The Bertz CT molecular complexity index is 905. The highest BCUT2D eigenvalue weighted by Gasteiger charge is 2.12. The second kappa shape index (κ2) is 7.96. The smallest absolute Gasteiger partial charge is 0.252 e. The molecule has 3 aromatic rings. The molecule has 130 valence electrons. The van der Waals surface area contributed by atoms with Crippen LogP contribution >= 0.6 is 0 Å². The van der Waals surface area contributed by atoms with Gasteiger partial charge in [-0.05, 0) is 23.6 Å². The minimum absolute atomic E-state index is 0.0284. The van der Waals surface area contributed by atoms with E-state index >= 15 is 0 Å². The zero-order valence-corrected chi connectivity index (χ0v) is 14.2. The molecule has 0 saturated heterocycles. The Balaban J connectivity index is 1.87. The molecule has 0 unspecified atom stereocenters. The van der Waals surface area contributed by atoms with E-state index in [0.717, 1.165) is 22.2 Å². The van der Waals surface area contributed by atoms with E-state index in [9.17, 15) is 9.90 Å². The molecule has 5 heteroatoms. The first kappa shape index (κ1) is 17.2. The van der Waals surface area contributed by atoms with Crippen LogP contribution < -0.4 is 10.3 Å². The number of aliphatic hydroxyl groups is 1. The van der Waals surface area contributed by atoms with Crippen LogP contribution in [-0.2, 0) is 13.1 Å². The minimum atomic E-state index is -0.0957. The normalized spacial score (nSPS) is 11.2. The van der Waals surface area contributed by atoms with Crippen LogP contribution in [0, 0.1) is 0 Å². The summed E-state index contributed by atoms with van der Waals surface area (Å²) in [6.45, 7) is 1.56. The summed E-state index contributed by atoms with van der Waals surface area (Å²) in [7, 11) is 1.64. The Kier molecular flexibility index (Phi) is 5.48. The highest BCUT2D eigenvalue weighted by molar-refractivity contribution is 5.78. The maximum atomic E-state index is 12.4. The third kappa shape index (κ3) is 4.07. The van der Waals surface area contributed by atoms with Gasteiger partial charge in [0.2, 0.25) is 0 Å². The predicted molar refractivity (Wildman–Crippen MR) is 98.8 cm³/mol. The molecule has 0 spiro atoms. The Morgan fingerprint density at radius 1 is 1.04 bits per heavy atom. The van der Waals surface area contributed by atoms with Gasteiger partial charge in [0.05, 0.1) is 13.7 Å². The number of rotatable bonds is 7. The maximum absolute atomic E-state index is 12.4. The molecular formula is C20H22N2O3. The molecule has 2 N–H and O–H groups in total. The molecule has 25 heavy (non-hydrogen) atoms. The van der Waals surface area contributed by atoms with Crippen molar-refractivity contribution in [1.82, 2.24) is 9.88 Å². The lowest BCUT2D eigenvalue weighted by Crippen LogP contribution is -2.29. The van der Waals surface area contributed by atoms with Gasteiger partial charge in [-0.3, -0.25) is 9.69 Å². The summed E-state index contributed by atoms with van der Waals surface area (Å²) in [6, 6.07) is 17.4. The first-order valence-corrected chi connectivity index (χ1v) is 8.27. The van der Waals surface area contributed by atoms with Gasteiger partial charge in [-0.15, -0.1) is 0 Å². The summed E-state index contributed by atoms with van der Waals surface area (Å²) in [5, 5.41) is 10.4. The fourth-order valence-electron chi connectivity index (χ4n) is 2.98. The zero-order valence-electron chi connectivity index (χ0n) is 14.2. The first-order valence-electron chi connectivity index (χ1n) is 8.27. The van der Waals surface area contributed by atoms with Crippen molar-refractivity contribution in [2.75, 3.05) is 20.3 Å². The van der Waals surface area contributed by atoms with Gasteiger partial charge in [-0.2, -0.15) is 0 Å². The van der Waals surface area contributed by atoms with E-state index in [4.69, 9.17) is 4.74 Å². The van der Waals surface area contributed by atoms with Crippen LogP contribution in [0.3, 0.4) is 0 Å². The summed E-state index contributed by atoms with van der Waals surface area (Å²) in [5.41, 5.74) is 2.44. The van der Waals surface area contributed by atoms with Crippen LogP contribution in [0.15, 0.2) is 59.4 Å². The third-order valence-corrected chi connectivity index (χ3v) is 4.23. The number of aliphatic hydroxyl groups excluding tert-OH is 1. The van der Waals surface area contributed by atoms with E-state index < -0.39 is 0 Å². The number of H-pyrrole nitrogens is 1. The zero-order chi connectivity index (χ0) is 17.6. The van der Waals surface area contributed by atoms with Crippen molar-refractivity contribution in [3.8, 4) is 5.75 Å². The minimum Gasteiger partial charge on any atom is -0.496 e. The number of nitrogens with one attached hydrogen (secondary N) is 1. The average molecular weight is 338 g/mol. The van der Waals surface area contributed by atoms with Crippen molar-refractivity contribution < 1.29 is 9.84 Å². The lowest BCUT2D eigenvalue weighted by atomic mass is 10.1. The molecule has 0 aliphatic rings. The summed E-state index contributed by atoms with van der Waals surface area (Å²) < 4.78 is 5.40. The van der Waals surface area contributed by atoms with Gasteiger partial charge in [-0.25, -0.2) is 0 Å². The number of hydrogen-bond donors (Lipinski definition) is 2. The molecule has 1 heterocycles. The molecular weight excluding hydrogens is 316 g/mol. The van der Waals surface area contributed by atoms with Gasteiger partial charge >= 0.3 is 0 Å². The molecule has 3 rings (SSSR count). The van der Waals surface area contributed by atoms with Crippen LogP contribution in [0.4, 0.5) is 0 Å². The number of para-hydroxylation sites is 2. The second-order valence-electron chi connectivity index (χ2n) is 5.96. The molecule has 0 atom stereocenters. The van der Waals surface area contributed by atoms with E-state index in [1.807, 2.05) is 59.5 Å². The van der Waals surface area contributed by atoms with Crippen LogP contribution in [0.1, 0.15) is 11.1 Å². The molecule has 0 bridgehead atoms. The van der Waals surface area contributed by atoms with Crippen LogP contribution in [-0.4, -0.2) is 35.3 Å². The Hall–Kier alpha value is -2.63. The number of hydrogen-bond acceptors (Lipinski definition) is 4. The van der Waals surface area contributed by atoms with E-state index in [1.54, 1.807) is 7.11 Å². The van der Waals surface area contributed by atoms with Gasteiger partial charge in [0, 0.05) is 36.3 Å². The van der Waals surface area contributed by atoms with Crippen molar-refractivity contribution in [3.63, 3.8) is 0 Å². The average Bonchev–Trinajstić information content (AvgIpc) is 2.63. The van der Waals surface area contributed by atoms with Crippen molar-refractivity contribution in [1.29, 1.82) is 0 Å². The molecule has 1 aromatic heterocycles. The highest BCUT2D eigenvalue weighted by atomic mass is 16.5. The number of ether oxygens (including phenoxy) is 1. The van der Waals surface area contributed by atoms with Crippen molar-refractivity contribution in [3.05, 3.63) is 76.1 Å². The molecule has 0 aliphatic heterocycles. The molecule has 0 amide bonds. The van der Waals surface area contributed by atoms with Crippen LogP contribution in [0.2, 0.25) is 0 Å². The largest absolute Gasteiger partial charge is 0.496 e.